The number of H-pyrrole nitrogens is 1. The van der Waals surface area contributed by atoms with E-state index in [0.717, 1.165) is 11.3 Å². The van der Waals surface area contributed by atoms with Gasteiger partial charge >= 0.3 is 0 Å². The van der Waals surface area contributed by atoms with Crippen LogP contribution in [0.25, 0.3) is 0 Å². The molecule has 1 aromatic heterocycles. The number of rotatable bonds is 2. The molecule has 0 spiro atoms. The van der Waals surface area contributed by atoms with Crippen LogP contribution < -0.4 is 5.32 Å². The second-order valence-electron chi connectivity index (χ2n) is 3.76. The third-order valence-corrected chi connectivity index (χ3v) is 2.60. The van der Waals surface area contributed by atoms with Crippen molar-refractivity contribution in [1.29, 1.82) is 0 Å². The lowest BCUT2D eigenvalue weighted by atomic mass is 10.2. The first-order valence-electron chi connectivity index (χ1n) is 5.17. The number of carbonyl (C=O) groups excluding carboxylic acids is 1. The third kappa shape index (κ3) is 2.18. The average Bonchev–Trinajstić information content (AvgIpc) is 2.61. The number of nitrogens with one attached hydrogen (secondary N) is 2. The van der Waals surface area contributed by atoms with Crippen molar-refractivity contribution in [3.05, 3.63) is 46.9 Å². The SMILES string of the molecule is Cc1[nH]nc(NC(=O)c2ccccc2F)c1C. The molecule has 0 atom stereocenters. The van der Waals surface area contributed by atoms with Crippen molar-refractivity contribution < 1.29 is 9.18 Å². The lowest BCUT2D eigenvalue weighted by molar-refractivity contribution is 0.102. The van der Waals surface area contributed by atoms with E-state index in [2.05, 4.69) is 15.5 Å². The van der Waals surface area contributed by atoms with Gasteiger partial charge in [-0.2, -0.15) is 5.10 Å². The van der Waals surface area contributed by atoms with E-state index in [1.165, 1.54) is 18.2 Å². The van der Waals surface area contributed by atoms with E-state index in [-0.39, 0.29) is 5.56 Å². The van der Waals surface area contributed by atoms with Crippen molar-refractivity contribution in [1.82, 2.24) is 10.2 Å². The van der Waals surface area contributed by atoms with E-state index in [1.807, 2.05) is 13.8 Å². The van der Waals surface area contributed by atoms with Crippen molar-refractivity contribution in [3.8, 4) is 0 Å². The zero-order valence-electron chi connectivity index (χ0n) is 9.54. The van der Waals surface area contributed by atoms with Crippen LogP contribution in [-0.4, -0.2) is 16.1 Å². The molecule has 1 aromatic carbocycles. The van der Waals surface area contributed by atoms with Gasteiger partial charge in [-0.15, -0.1) is 0 Å². The summed E-state index contributed by atoms with van der Waals surface area (Å²) in [7, 11) is 0. The van der Waals surface area contributed by atoms with Gasteiger partial charge in [-0.25, -0.2) is 4.39 Å². The number of benzene rings is 1. The summed E-state index contributed by atoms with van der Waals surface area (Å²) in [6, 6.07) is 5.83. The Morgan fingerprint density at radius 3 is 2.65 bits per heavy atom. The van der Waals surface area contributed by atoms with Gasteiger partial charge in [-0.05, 0) is 26.0 Å². The highest BCUT2D eigenvalue weighted by Gasteiger charge is 2.14. The Labute approximate surface area is 97.9 Å². The second-order valence-corrected chi connectivity index (χ2v) is 3.76. The number of amides is 1. The Hall–Kier alpha value is -2.17. The highest BCUT2D eigenvalue weighted by Crippen LogP contribution is 2.15. The molecule has 17 heavy (non-hydrogen) atoms. The monoisotopic (exact) mass is 233 g/mol. The lowest BCUT2D eigenvalue weighted by Gasteiger charge is -2.03. The molecule has 0 saturated carbocycles. The van der Waals surface area contributed by atoms with Crippen LogP contribution in [0.3, 0.4) is 0 Å². The Balaban J connectivity index is 2.23. The van der Waals surface area contributed by atoms with Gasteiger partial charge in [0.25, 0.3) is 5.91 Å². The van der Waals surface area contributed by atoms with Crippen molar-refractivity contribution in [2.75, 3.05) is 5.32 Å². The molecule has 0 aliphatic heterocycles. The summed E-state index contributed by atoms with van der Waals surface area (Å²) in [5, 5.41) is 9.25. The minimum Gasteiger partial charge on any atom is -0.305 e. The van der Waals surface area contributed by atoms with Gasteiger partial charge in [0, 0.05) is 11.3 Å². The molecule has 2 rings (SSSR count). The summed E-state index contributed by atoms with van der Waals surface area (Å²) < 4.78 is 13.4. The van der Waals surface area contributed by atoms with Crippen molar-refractivity contribution >= 4 is 11.7 Å². The summed E-state index contributed by atoms with van der Waals surface area (Å²) in [5.74, 6) is -0.622. The molecule has 0 saturated heterocycles. The van der Waals surface area contributed by atoms with Crippen molar-refractivity contribution in [2.45, 2.75) is 13.8 Å². The zero-order chi connectivity index (χ0) is 12.4. The van der Waals surface area contributed by atoms with E-state index in [1.54, 1.807) is 6.07 Å². The highest BCUT2D eigenvalue weighted by molar-refractivity contribution is 6.04. The molecule has 5 heteroatoms. The molecule has 4 nitrogen and oxygen atoms in total. The molecule has 1 amide bonds. The second kappa shape index (κ2) is 4.37. The number of hydrogen-bond acceptors (Lipinski definition) is 2. The van der Waals surface area contributed by atoms with Gasteiger partial charge in [0.1, 0.15) is 5.82 Å². The third-order valence-electron chi connectivity index (χ3n) is 2.60. The van der Waals surface area contributed by atoms with Crippen LogP contribution in [-0.2, 0) is 0 Å². The Kier molecular flexibility index (Phi) is 2.91. The lowest BCUT2D eigenvalue weighted by Crippen LogP contribution is -2.14. The molecular formula is C12H12FN3O. The van der Waals surface area contributed by atoms with E-state index in [0.29, 0.717) is 5.82 Å². The fourth-order valence-electron chi connectivity index (χ4n) is 1.43. The zero-order valence-corrected chi connectivity index (χ0v) is 9.54. The Morgan fingerprint density at radius 2 is 2.06 bits per heavy atom. The van der Waals surface area contributed by atoms with E-state index >= 15 is 0 Å². The maximum Gasteiger partial charge on any atom is 0.259 e. The summed E-state index contributed by atoms with van der Waals surface area (Å²) in [5.41, 5.74) is 1.72. The summed E-state index contributed by atoms with van der Waals surface area (Å²) in [4.78, 5) is 11.8. The molecular weight excluding hydrogens is 221 g/mol. The summed E-state index contributed by atoms with van der Waals surface area (Å²) in [6.07, 6.45) is 0. The van der Waals surface area contributed by atoms with Crippen LogP contribution >= 0.6 is 0 Å². The highest BCUT2D eigenvalue weighted by atomic mass is 19.1. The summed E-state index contributed by atoms with van der Waals surface area (Å²) >= 11 is 0. The van der Waals surface area contributed by atoms with E-state index in [9.17, 15) is 9.18 Å². The fraction of sp³-hybridized carbons (Fsp3) is 0.167. The Bertz CT molecular complexity index is 563. The number of aromatic nitrogens is 2. The van der Waals surface area contributed by atoms with Gasteiger partial charge in [-0.3, -0.25) is 9.89 Å². The molecule has 0 unspecified atom stereocenters. The number of aromatic amines is 1. The smallest absolute Gasteiger partial charge is 0.259 e. The van der Waals surface area contributed by atoms with Crippen LogP contribution in [0.5, 0.6) is 0 Å². The predicted octanol–water partition coefficient (Wildman–Crippen LogP) is 2.42. The van der Waals surface area contributed by atoms with Crippen LogP contribution in [0.4, 0.5) is 10.2 Å². The van der Waals surface area contributed by atoms with Gasteiger partial charge in [0.15, 0.2) is 5.82 Å². The normalized spacial score (nSPS) is 10.3. The summed E-state index contributed by atoms with van der Waals surface area (Å²) in [6.45, 7) is 3.68. The largest absolute Gasteiger partial charge is 0.305 e. The molecule has 2 aromatic rings. The Morgan fingerprint density at radius 1 is 1.35 bits per heavy atom. The first-order valence-corrected chi connectivity index (χ1v) is 5.17. The molecule has 2 N–H and O–H groups in total. The first-order chi connectivity index (χ1) is 8.09. The minimum atomic E-state index is -0.546. The molecule has 88 valence electrons. The minimum absolute atomic E-state index is 0.00699. The quantitative estimate of drug-likeness (QED) is 0.836. The number of hydrogen-bond donors (Lipinski definition) is 2. The molecule has 0 radical (unpaired) electrons. The average molecular weight is 233 g/mol. The molecule has 0 aliphatic rings. The maximum atomic E-state index is 13.4. The molecule has 0 fully saturated rings. The number of halogens is 1. The molecule has 0 aliphatic carbocycles. The van der Waals surface area contributed by atoms with Crippen molar-refractivity contribution in [3.63, 3.8) is 0 Å². The van der Waals surface area contributed by atoms with Gasteiger partial charge in [-0.1, -0.05) is 12.1 Å². The predicted molar refractivity (Wildman–Crippen MR) is 62.4 cm³/mol. The molecule has 0 bridgehead atoms. The van der Waals surface area contributed by atoms with E-state index in [4.69, 9.17) is 0 Å². The molecule has 1 heterocycles. The van der Waals surface area contributed by atoms with Crippen LogP contribution in [0, 0.1) is 19.7 Å². The number of aryl methyl sites for hydroxylation is 1. The number of nitrogens with zero attached hydrogens (tertiary/aromatic N) is 1. The van der Waals surface area contributed by atoms with Gasteiger partial charge in [0.05, 0.1) is 5.56 Å². The van der Waals surface area contributed by atoms with Gasteiger partial charge < -0.3 is 5.32 Å². The van der Waals surface area contributed by atoms with Gasteiger partial charge in [0.2, 0.25) is 0 Å². The topological polar surface area (TPSA) is 57.8 Å². The first kappa shape index (κ1) is 11.3. The number of carbonyl (C=O) groups is 1. The van der Waals surface area contributed by atoms with Crippen LogP contribution in [0.1, 0.15) is 21.6 Å². The maximum absolute atomic E-state index is 13.4. The van der Waals surface area contributed by atoms with Crippen LogP contribution in [0.15, 0.2) is 24.3 Å². The standard InChI is InChI=1S/C12H12FN3O/c1-7-8(2)15-16-11(7)14-12(17)9-5-3-4-6-10(9)13/h3-6H,1-2H3,(H2,14,15,16,17). The number of anilines is 1. The van der Waals surface area contributed by atoms with Crippen molar-refractivity contribution in [2.24, 2.45) is 0 Å². The van der Waals surface area contributed by atoms with E-state index < -0.39 is 11.7 Å². The fourth-order valence-corrected chi connectivity index (χ4v) is 1.43. The van der Waals surface area contributed by atoms with Crippen LogP contribution in [0.2, 0.25) is 0 Å².